The van der Waals surface area contributed by atoms with Gasteiger partial charge in [0.1, 0.15) is 0 Å². The Hall–Kier alpha value is -1.80. The minimum Gasteiger partial charge on any atom is -0.305 e. The first-order valence-corrected chi connectivity index (χ1v) is 6.72. The molecule has 4 nitrogen and oxygen atoms in total. The van der Waals surface area contributed by atoms with Crippen LogP contribution in [0.25, 0.3) is 0 Å². The van der Waals surface area contributed by atoms with Crippen molar-refractivity contribution in [2.75, 3.05) is 12.3 Å². The molecule has 0 aliphatic carbocycles. The molecule has 1 amide bonds. The summed E-state index contributed by atoms with van der Waals surface area (Å²) in [5, 5.41) is 12.2. The van der Waals surface area contributed by atoms with Crippen molar-refractivity contribution in [1.29, 1.82) is 5.26 Å². The van der Waals surface area contributed by atoms with E-state index in [1.807, 2.05) is 12.1 Å². The molecular formula is C13H13N3OS. The average Bonchev–Trinajstić information content (AvgIpc) is 2.90. The lowest BCUT2D eigenvalue weighted by Gasteiger charge is -2.04. The number of hydrogen-bond acceptors (Lipinski definition) is 4. The third kappa shape index (κ3) is 3.60. The molecule has 0 aromatic heterocycles. The van der Waals surface area contributed by atoms with Gasteiger partial charge >= 0.3 is 0 Å². The quantitative estimate of drug-likeness (QED) is 0.898. The number of nitriles is 1. The highest BCUT2D eigenvalue weighted by Crippen LogP contribution is 2.10. The summed E-state index contributed by atoms with van der Waals surface area (Å²) in [6, 6.07) is 9.37. The van der Waals surface area contributed by atoms with E-state index in [-0.39, 0.29) is 5.91 Å². The molecule has 1 aliphatic rings. The van der Waals surface area contributed by atoms with Crippen LogP contribution >= 0.6 is 11.8 Å². The summed E-state index contributed by atoms with van der Waals surface area (Å²) in [7, 11) is 0. The molecule has 1 N–H and O–H groups in total. The van der Waals surface area contributed by atoms with E-state index in [4.69, 9.17) is 5.26 Å². The van der Waals surface area contributed by atoms with Crippen molar-refractivity contribution in [3.05, 3.63) is 35.4 Å². The maximum atomic E-state index is 11.6. The average molecular weight is 259 g/mol. The van der Waals surface area contributed by atoms with E-state index in [0.717, 1.165) is 23.0 Å². The Labute approximate surface area is 110 Å². The zero-order valence-corrected chi connectivity index (χ0v) is 10.7. The van der Waals surface area contributed by atoms with Gasteiger partial charge in [-0.25, -0.2) is 0 Å². The van der Waals surface area contributed by atoms with E-state index >= 15 is 0 Å². The van der Waals surface area contributed by atoms with Crippen LogP contribution in [0.3, 0.4) is 0 Å². The second kappa shape index (κ2) is 6.22. The SMILES string of the molecule is N#Cc1ccc(CCC(=O)NC2=NCCS2)cc1. The molecule has 5 heteroatoms. The second-order valence-corrected chi connectivity index (χ2v) is 4.98. The van der Waals surface area contributed by atoms with E-state index in [1.54, 1.807) is 23.9 Å². The third-order valence-corrected chi connectivity index (χ3v) is 3.45. The molecule has 18 heavy (non-hydrogen) atoms. The number of nitrogens with one attached hydrogen (secondary N) is 1. The van der Waals surface area contributed by atoms with Crippen LogP contribution in [0, 0.1) is 11.3 Å². The van der Waals surface area contributed by atoms with Gasteiger partial charge in [0.15, 0.2) is 5.17 Å². The lowest BCUT2D eigenvalue weighted by molar-refractivity contribution is -0.119. The van der Waals surface area contributed by atoms with Crippen molar-refractivity contribution in [1.82, 2.24) is 5.32 Å². The van der Waals surface area contributed by atoms with Crippen LogP contribution in [0.1, 0.15) is 17.5 Å². The van der Waals surface area contributed by atoms with Gasteiger partial charge in [0.2, 0.25) is 5.91 Å². The number of amidine groups is 1. The number of nitrogens with zero attached hydrogens (tertiary/aromatic N) is 2. The standard InChI is InChI=1S/C13H13N3OS/c14-9-11-3-1-10(2-4-11)5-6-12(17)16-13-15-7-8-18-13/h1-4H,5-8H2,(H,15,16,17). The molecule has 0 saturated carbocycles. The van der Waals surface area contributed by atoms with E-state index in [1.165, 1.54) is 0 Å². The van der Waals surface area contributed by atoms with E-state index in [2.05, 4.69) is 16.4 Å². The molecule has 1 heterocycles. The molecule has 92 valence electrons. The van der Waals surface area contributed by atoms with Crippen molar-refractivity contribution in [3.63, 3.8) is 0 Å². The number of aryl methyl sites for hydroxylation is 1. The first kappa shape index (κ1) is 12.7. The van der Waals surface area contributed by atoms with Gasteiger partial charge < -0.3 is 5.32 Å². The van der Waals surface area contributed by atoms with E-state index in [9.17, 15) is 4.79 Å². The number of carbonyl (C=O) groups is 1. The molecular weight excluding hydrogens is 246 g/mol. The highest BCUT2D eigenvalue weighted by molar-refractivity contribution is 8.14. The molecule has 0 unspecified atom stereocenters. The Kier molecular flexibility index (Phi) is 4.37. The summed E-state index contributed by atoms with van der Waals surface area (Å²) in [6.45, 7) is 0.788. The topological polar surface area (TPSA) is 65.2 Å². The number of carbonyl (C=O) groups excluding carboxylic acids is 1. The Morgan fingerprint density at radius 1 is 1.44 bits per heavy atom. The van der Waals surface area contributed by atoms with Crippen molar-refractivity contribution in [3.8, 4) is 6.07 Å². The lowest BCUT2D eigenvalue weighted by Crippen LogP contribution is -2.27. The van der Waals surface area contributed by atoms with Crippen LogP contribution < -0.4 is 5.32 Å². The van der Waals surface area contributed by atoms with Gasteiger partial charge in [-0.2, -0.15) is 5.26 Å². The molecule has 2 rings (SSSR count). The predicted molar refractivity (Wildman–Crippen MR) is 72.4 cm³/mol. The molecule has 1 aromatic rings. The van der Waals surface area contributed by atoms with Crippen molar-refractivity contribution in [2.45, 2.75) is 12.8 Å². The van der Waals surface area contributed by atoms with Crippen LogP contribution in [-0.2, 0) is 11.2 Å². The minimum absolute atomic E-state index is 0.00694. The fraction of sp³-hybridized carbons (Fsp3) is 0.308. The number of aliphatic imine (C=N–C) groups is 1. The van der Waals surface area contributed by atoms with Crippen LogP contribution in [0.4, 0.5) is 0 Å². The van der Waals surface area contributed by atoms with Crippen molar-refractivity contribution in [2.24, 2.45) is 4.99 Å². The number of benzene rings is 1. The molecule has 0 radical (unpaired) electrons. The van der Waals surface area contributed by atoms with Crippen molar-refractivity contribution < 1.29 is 4.79 Å². The summed E-state index contributed by atoms with van der Waals surface area (Å²) >= 11 is 1.58. The lowest BCUT2D eigenvalue weighted by atomic mass is 10.1. The summed E-state index contributed by atoms with van der Waals surface area (Å²) in [5.74, 6) is 0.943. The van der Waals surface area contributed by atoms with Gasteiger partial charge in [-0.05, 0) is 24.1 Å². The molecule has 0 saturated heterocycles. The number of rotatable bonds is 3. The highest BCUT2D eigenvalue weighted by atomic mass is 32.2. The van der Waals surface area contributed by atoms with Gasteiger partial charge in [0.25, 0.3) is 0 Å². The van der Waals surface area contributed by atoms with Gasteiger partial charge in [0.05, 0.1) is 18.2 Å². The molecule has 0 spiro atoms. The maximum Gasteiger partial charge on any atom is 0.226 e. The number of hydrogen-bond donors (Lipinski definition) is 1. The van der Waals surface area contributed by atoms with Gasteiger partial charge in [-0.15, -0.1) is 0 Å². The Morgan fingerprint density at radius 2 is 2.22 bits per heavy atom. The summed E-state index contributed by atoms with van der Waals surface area (Å²) in [6.07, 6.45) is 1.11. The maximum absolute atomic E-state index is 11.6. The Morgan fingerprint density at radius 3 is 2.83 bits per heavy atom. The largest absolute Gasteiger partial charge is 0.305 e. The van der Waals surface area contributed by atoms with Crippen LogP contribution in [0.15, 0.2) is 29.3 Å². The van der Waals surface area contributed by atoms with Crippen LogP contribution in [0.2, 0.25) is 0 Å². The number of amides is 1. The predicted octanol–water partition coefficient (Wildman–Crippen LogP) is 1.71. The van der Waals surface area contributed by atoms with E-state index in [0.29, 0.717) is 18.4 Å². The fourth-order valence-corrected chi connectivity index (χ4v) is 2.34. The monoisotopic (exact) mass is 259 g/mol. The molecule has 0 atom stereocenters. The molecule has 1 aliphatic heterocycles. The zero-order valence-electron chi connectivity index (χ0n) is 9.85. The molecule has 0 fully saturated rings. The minimum atomic E-state index is -0.00694. The van der Waals surface area contributed by atoms with Gasteiger partial charge in [-0.3, -0.25) is 9.79 Å². The summed E-state index contributed by atoms with van der Waals surface area (Å²) in [4.78, 5) is 15.8. The highest BCUT2D eigenvalue weighted by Gasteiger charge is 2.10. The normalized spacial score (nSPS) is 13.8. The van der Waals surface area contributed by atoms with Crippen LogP contribution in [0.5, 0.6) is 0 Å². The first-order chi connectivity index (χ1) is 8.78. The third-order valence-electron chi connectivity index (χ3n) is 2.56. The second-order valence-electron chi connectivity index (χ2n) is 3.89. The van der Waals surface area contributed by atoms with Crippen molar-refractivity contribution >= 4 is 22.8 Å². The van der Waals surface area contributed by atoms with Gasteiger partial charge in [0, 0.05) is 12.2 Å². The van der Waals surface area contributed by atoms with E-state index < -0.39 is 0 Å². The molecule has 0 bridgehead atoms. The zero-order chi connectivity index (χ0) is 12.8. The summed E-state index contributed by atoms with van der Waals surface area (Å²) in [5.41, 5.74) is 1.70. The fourth-order valence-electron chi connectivity index (χ4n) is 1.60. The Balaban J connectivity index is 1.79. The van der Waals surface area contributed by atoms with Crippen LogP contribution in [-0.4, -0.2) is 23.4 Å². The Bertz CT molecular complexity index is 502. The van der Waals surface area contributed by atoms with Gasteiger partial charge in [-0.1, -0.05) is 23.9 Å². The first-order valence-electron chi connectivity index (χ1n) is 5.74. The smallest absolute Gasteiger partial charge is 0.226 e. The summed E-state index contributed by atoms with van der Waals surface area (Å²) < 4.78 is 0. The molecule has 1 aromatic carbocycles. The number of thioether (sulfide) groups is 1.